The number of anilines is 1. The Balaban J connectivity index is 1.71. The van der Waals surface area contributed by atoms with E-state index < -0.39 is 0 Å². The first kappa shape index (κ1) is 16.5. The lowest BCUT2D eigenvalue weighted by Gasteiger charge is -2.07. The van der Waals surface area contributed by atoms with Crippen LogP contribution in [0.4, 0.5) is 5.69 Å². The number of rotatable bonds is 3. The molecule has 0 bridgehead atoms. The summed E-state index contributed by atoms with van der Waals surface area (Å²) in [5.41, 5.74) is 4.76. The second kappa shape index (κ2) is 6.06. The summed E-state index contributed by atoms with van der Waals surface area (Å²) in [5, 5.41) is 11.2. The van der Waals surface area contributed by atoms with Crippen molar-refractivity contribution >= 4 is 27.8 Å². The van der Waals surface area contributed by atoms with E-state index in [4.69, 9.17) is 4.52 Å². The molecule has 0 aromatic carbocycles. The zero-order valence-electron chi connectivity index (χ0n) is 14.8. The lowest BCUT2D eigenvalue weighted by atomic mass is 10.2. The first-order chi connectivity index (χ1) is 12.4. The second-order valence-electron chi connectivity index (χ2n) is 6.20. The molecule has 0 unspecified atom stereocenters. The fraction of sp³-hybridized carbons (Fsp3) is 0.222. The van der Waals surface area contributed by atoms with Crippen LogP contribution in [0.25, 0.3) is 15.3 Å². The molecule has 0 fully saturated rings. The molecular weight excluding hydrogens is 350 g/mol. The molecule has 0 radical (unpaired) electrons. The van der Waals surface area contributed by atoms with Crippen LogP contribution in [0.15, 0.2) is 29.2 Å². The van der Waals surface area contributed by atoms with Crippen molar-refractivity contribution in [2.75, 3.05) is 5.32 Å². The first-order valence-corrected chi connectivity index (χ1v) is 8.90. The van der Waals surface area contributed by atoms with Crippen molar-refractivity contribution in [2.45, 2.75) is 27.7 Å². The minimum atomic E-state index is -0.206. The molecule has 4 rings (SSSR count). The van der Waals surface area contributed by atoms with E-state index in [1.807, 2.05) is 40.0 Å². The Morgan fingerprint density at radius 2 is 2.00 bits per heavy atom. The number of carbonyl (C=O) groups is 1. The van der Waals surface area contributed by atoms with Crippen LogP contribution in [0.1, 0.15) is 33.1 Å². The van der Waals surface area contributed by atoms with Crippen LogP contribution in [-0.2, 0) is 0 Å². The Labute approximate surface area is 153 Å². The maximum Gasteiger partial charge on any atom is 0.260 e. The highest BCUT2D eigenvalue weighted by Crippen LogP contribution is 2.34. The van der Waals surface area contributed by atoms with Crippen molar-refractivity contribution < 1.29 is 9.32 Å². The lowest BCUT2D eigenvalue weighted by Crippen LogP contribution is -2.12. The zero-order chi connectivity index (χ0) is 18.4. The number of aromatic nitrogens is 4. The normalized spacial score (nSPS) is 11.2. The van der Waals surface area contributed by atoms with Gasteiger partial charge in [0.15, 0.2) is 0 Å². The quantitative estimate of drug-likeness (QED) is 0.593. The molecule has 0 saturated heterocycles. The maximum absolute atomic E-state index is 12.8. The van der Waals surface area contributed by atoms with Crippen molar-refractivity contribution in [1.29, 1.82) is 0 Å². The van der Waals surface area contributed by atoms with Gasteiger partial charge >= 0.3 is 0 Å². The van der Waals surface area contributed by atoms with Gasteiger partial charge in [-0.1, -0.05) is 5.16 Å². The number of hydrogen-bond donors (Lipinski definition) is 1. The lowest BCUT2D eigenvalue weighted by molar-refractivity contribution is 0.102. The number of thiazole rings is 1. The summed E-state index contributed by atoms with van der Waals surface area (Å²) >= 11 is 1.49. The summed E-state index contributed by atoms with van der Waals surface area (Å²) in [6, 6.07) is 1.91. The number of nitrogens with zero attached hydrogens (tertiary/aromatic N) is 4. The molecule has 4 aromatic heterocycles. The Bertz CT molecular complexity index is 1120. The van der Waals surface area contributed by atoms with Gasteiger partial charge in [-0.3, -0.25) is 9.78 Å². The van der Waals surface area contributed by atoms with Gasteiger partial charge < -0.3 is 9.84 Å². The van der Waals surface area contributed by atoms with Gasteiger partial charge in [0.1, 0.15) is 10.6 Å². The van der Waals surface area contributed by atoms with E-state index in [9.17, 15) is 4.79 Å². The number of nitrogens with one attached hydrogen (secondary N) is 1. The first-order valence-electron chi connectivity index (χ1n) is 8.09. The van der Waals surface area contributed by atoms with E-state index in [1.54, 1.807) is 16.9 Å². The summed E-state index contributed by atoms with van der Waals surface area (Å²) in [7, 11) is 0. The maximum atomic E-state index is 12.8. The number of aryl methyl sites for hydroxylation is 4. The fourth-order valence-electron chi connectivity index (χ4n) is 2.85. The number of hydrogen-bond acceptors (Lipinski definition) is 6. The average Bonchev–Trinajstić information content (AvgIpc) is 3.25. The van der Waals surface area contributed by atoms with Crippen molar-refractivity contribution in [2.24, 2.45) is 0 Å². The van der Waals surface area contributed by atoms with Gasteiger partial charge in [0.25, 0.3) is 5.91 Å². The van der Waals surface area contributed by atoms with Gasteiger partial charge in [0, 0.05) is 12.4 Å². The Hall–Kier alpha value is -3.00. The van der Waals surface area contributed by atoms with Gasteiger partial charge in [-0.2, -0.15) is 5.10 Å². The SMILES string of the molecule is Cc1cnc(C)c(NC(=O)c2cnn3cc(-c4c(C)noc4C)sc23)c1. The van der Waals surface area contributed by atoms with E-state index in [-0.39, 0.29) is 5.91 Å². The minimum Gasteiger partial charge on any atom is -0.361 e. The van der Waals surface area contributed by atoms with Crippen LogP contribution in [0, 0.1) is 27.7 Å². The van der Waals surface area contributed by atoms with Crippen molar-refractivity contribution in [3.05, 3.63) is 52.9 Å². The van der Waals surface area contributed by atoms with Crippen molar-refractivity contribution in [1.82, 2.24) is 19.8 Å². The fourth-order valence-corrected chi connectivity index (χ4v) is 4.05. The molecule has 0 aliphatic carbocycles. The number of amides is 1. The van der Waals surface area contributed by atoms with E-state index in [0.717, 1.165) is 38.0 Å². The number of carbonyl (C=O) groups excluding carboxylic acids is 1. The van der Waals surface area contributed by atoms with Gasteiger partial charge in [0.05, 0.1) is 39.3 Å². The molecule has 26 heavy (non-hydrogen) atoms. The summed E-state index contributed by atoms with van der Waals surface area (Å²) in [4.78, 5) is 18.8. The van der Waals surface area contributed by atoms with Crippen LogP contribution in [0.5, 0.6) is 0 Å². The summed E-state index contributed by atoms with van der Waals surface area (Å²) in [5.74, 6) is 0.544. The molecule has 8 heteroatoms. The third-order valence-corrected chi connectivity index (χ3v) is 5.32. The highest BCUT2D eigenvalue weighted by Gasteiger charge is 2.20. The largest absolute Gasteiger partial charge is 0.361 e. The van der Waals surface area contributed by atoms with E-state index >= 15 is 0 Å². The van der Waals surface area contributed by atoms with Crippen LogP contribution < -0.4 is 5.32 Å². The highest BCUT2D eigenvalue weighted by atomic mass is 32.1. The molecule has 0 atom stereocenters. The standard InChI is InChI=1S/C18H17N5O2S/c1-9-5-14(10(2)19-6-9)21-17(24)13-7-20-23-8-15(26-18(13)23)16-11(3)22-25-12(16)4/h5-8H,1-4H3,(H,21,24). The smallest absolute Gasteiger partial charge is 0.260 e. The average molecular weight is 367 g/mol. The van der Waals surface area contributed by atoms with E-state index in [1.165, 1.54) is 11.3 Å². The summed E-state index contributed by atoms with van der Waals surface area (Å²) in [6.07, 6.45) is 5.25. The predicted octanol–water partition coefficient (Wildman–Crippen LogP) is 3.93. The van der Waals surface area contributed by atoms with Gasteiger partial charge in [0.2, 0.25) is 0 Å². The minimum absolute atomic E-state index is 0.206. The molecule has 0 aliphatic rings. The Kier molecular flexibility index (Phi) is 3.84. The van der Waals surface area contributed by atoms with E-state index in [2.05, 4.69) is 20.6 Å². The third kappa shape index (κ3) is 2.68. The molecule has 0 saturated carbocycles. The van der Waals surface area contributed by atoms with Crippen LogP contribution >= 0.6 is 11.3 Å². The summed E-state index contributed by atoms with van der Waals surface area (Å²) < 4.78 is 6.95. The third-order valence-electron chi connectivity index (χ3n) is 4.19. The van der Waals surface area contributed by atoms with Crippen LogP contribution in [0.3, 0.4) is 0 Å². The highest BCUT2D eigenvalue weighted by molar-refractivity contribution is 7.21. The molecule has 132 valence electrons. The van der Waals surface area contributed by atoms with Gasteiger partial charge in [-0.15, -0.1) is 11.3 Å². The van der Waals surface area contributed by atoms with Gasteiger partial charge in [-0.05, 0) is 39.3 Å². The van der Waals surface area contributed by atoms with Crippen LogP contribution in [-0.4, -0.2) is 25.7 Å². The topological polar surface area (TPSA) is 85.3 Å². The number of fused-ring (bicyclic) bond motifs is 1. The number of pyridine rings is 1. The molecule has 0 spiro atoms. The predicted molar refractivity (Wildman–Crippen MR) is 99.7 cm³/mol. The summed E-state index contributed by atoms with van der Waals surface area (Å²) in [6.45, 7) is 7.58. The molecule has 7 nitrogen and oxygen atoms in total. The molecule has 1 N–H and O–H groups in total. The van der Waals surface area contributed by atoms with Crippen molar-refractivity contribution in [3.8, 4) is 10.4 Å². The molecule has 4 heterocycles. The van der Waals surface area contributed by atoms with Crippen molar-refractivity contribution in [3.63, 3.8) is 0 Å². The van der Waals surface area contributed by atoms with E-state index in [0.29, 0.717) is 11.3 Å². The van der Waals surface area contributed by atoms with Crippen LogP contribution in [0.2, 0.25) is 0 Å². The molecule has 1 amide bonds. The second-order valence-corrected chi connectivity index (χ2v) is 7.23. The van der Waals surface area contributed by atoms with Gasteiger partial charge in [-0.25, -0.2) is 4.52 Å². The Morgan fingerprint density at radius 1 is 1.19 bits per heavy atom. The zero-order valence-corrected chi connectivity index (χ0v) is 15.6. The molecule has 4 aromatic rings. The monoisotopic (exact) mass is 367 g/mol. The Morgan fingerprint density at radius 3 is 2.73 bits per heavy atom. The molecular formula is C18H17N5O2S. The molecule has 0 aliphatic heterocycles.